The summed E-state index contributed by atoms with van der Waals surface area (Å²) in [6, 6.07) is 8.44. The first kappa shape index (κ1) is 52.1. The fraction of sp³-hybridized carbons (Fsp3) is 0.833. The van der Waals surface area contributed by atoms with E-state index in [0.717, 1.165) is 12.2 Å². The zero-order chi connectivity index (χ0) is 40.1. The van der Waals surface area contributed by atoms with Crippen LogP contribution in [0.2, 0.25) is 0 Å². The lowest BCUT2D eigenvalue weighted by Gasteiger charge is -2.09. The van der Waals surface area contributed by atoms with Crippen LogP contribution in [0.1, 0.15) is 70.8 Å². The third-order valence-corrected chi connectivity index (χ3v) is 7.96. The van der Waals surface area contributed by atoms with Gasteiger partial charge in [0, 0.05) is 0 Å². The topological polar surface area (TPSA) is 137 Å². The number of aryl methyl sites for hydroxylation is 1. The number of benzene rings is 1. The molecule has 0 N–H and O–H groups in total. The molecule has 328 valence electrons. The van der Waals surface area contributed by atoms with E-state index in [9.17, 15) is 4.79 Å². The van der Waals surface area contributed by atoms with Gasteiger partial charge in [0.05, 0.1) is 158 Å². The minimum atomic E-state index is -0.251. The molecule has 0 aliphatic rings. The first-order valence-corrected chi connectivity index (χ1v) is 21.0. The Bertz CT molecular complexity index is 923. The fourth-order valence-corrected chi connectivity index (χ4v) is 4.95. The van der Waals surface area contributed by atoms with Crippen LogP contribution < -0.4 is 4.74 Å². The highest BCUT2D eigenvalue weighted by Crippen LogP contribution is 2.15. The molecule has 1 aromatic rings. The van der Waals surface area contributed by atoms with Crippen LogP contribution in [0.4, 0.5) is 0 Å². The second kappa shape index (κ2) is 44.2. The summed E-state index contributed by atoms with van der Waals surface area (Å²) in [5.74, 6) is 0.632. The molecule has 0 unspecified atom stereocenters. The van der Waals surface area contributed by atoms with E-state index in [2.05, 4.69) is 31.2 Å². The van der Waals surface area contributed by atoms with E-state index in [-0.39, 0.29) is 12.4 Å². The van der Waals surface area contributed by atoms with Gasteiger partial charge < -0.3 is 61.6 Å². The Balaban J connectivity index is 1.67. The van der Waals surface area contributed by atoms with Crippen molar-refractivity contribution in [2.45, 2.75) is 71.6 Å². The zero-order valence-corrected chi connectivity index (χ0v) is 34.9. The summed E-state index contributed by atoms with van der Waals surface area (Å²) in [6.45, 7) is 15.7. The molecular weight excluding hydrogens is 728 g/mol. The van der Waals surface area contributed by atoms with Crippen molar-refractivity contribution in [3.63, 3.8) is 0 Å². The molecule has 0 bridgehead atoms. The van der Waals surface area contributed by atoms with Crippen molar-refractivity contribution in [2.24, 2.45) is 0 Å². The van der Waals surface area contributed by atoms with Crippen molar-refractivity contribution in [3.05, 3.63) is 29.8 Å². The minimum absolute atomic E-state index is 0.251. The maximum atomic E-state index is 11.2. The molecule has 0 amide bonds. The summed E-state index contributed by atoms with van der Waals surface area (Å²) < 4.78 is 70.9. The van der Waals surface area contributed by atoms with Gasteiger partial charge in [-0.2, -0.15) is 0 Å². The molecule has 1 aromatic carbocycles. The number of esters is 1. The molecule has 14 heteroatoms. The van der Waals surface area contributed by atoms with Gasteiger partial charge in [-0.05, 0) is 37.5 Å². The molecule has 0 atom stereocenters. The second-order valence-corrected chi connectivity index (χ2v) is 12.7. The van der Waals surface area contributed by atoms with Crippen LogP contribution in [0.25, 0.3) is 0 Å². The molecule has 0 spiro atoms. The number of hydrogen-bond donors (Lipinski definition) is 0. The summed E-state index contributed by atoms with van der Waals surface area (Å²) in [7, 11) is 0. The van der Waals surface area contributed by atoms with E-state index in [4.69, 9.17) is 61.6 Å². The van der Waals surface area contributed by atoms with Gasteiger partial charge >= 0.3 is 5.97 Å². The highest BCUT2D eigenvalue weighted by molar-refractivity contribution is 5.69. The Labute approximate surface area is 337 Å². The maximum absolute atomic E-state index is 11.2. The second-order valence-electron chi connectivity index (χ2n) is 12.7. The number of ether oxygens (including phenoxy) is 13. The third-order valence-electron chi connectivity index (χ3n) is 7.96. The number of carbonyl (C=O) groups is 1. The van der Waals surface area contributed by atoms with Crippen LogP contribution in [0.3, 0.4) is 0 Å². The van der Waals surface area contributed by atoms with E-state index in [1.165, 1.54) is 50.5 Å². The molecule has 14 nitrogen and oxygen atoms in total. The molecule has 0 aromatic heterocycles. The Morgan fingerprint density at radius 1 is 0.393 bits per heavy atom. The third kappa shape index (κ3) is 38.9. The van der Waals surface area contributed by atoms with E-state index in [0.29, 0.717) is 159 Å². The molecule has 0 aliphatic heterocycles. The maximum Gasteiger partial charge on any atom is 0.308 e. The average Bonchev–Trinajstić information content (AvgIpc) is 3.21. The predicted octanol–water partition coefficient (Wildman–Crippen LogP) is 5.49. The number of rotatable bonds is 46. The minimum Gasteiger partial charge on any atom is -0.491 e. The first-order chi connectivity index (χ1) is 27.8. The van der Waals surface area contributed by atoms with Gasteiger partial charge in [-0.3, -0.25) is 4.79 Å². The summed E-state index contributed by atoms with van der Waals surface area (Å²) >= 11 is 0. The molecule has 56 heavy (non-hydrogen) atoms. The van der Waals surface area contributed by atoms with Crippen LogP contribution in [0.15, 0.2) is 24.3 Å². The molecule has 0 aliphatic carbocycles. The Morgan fingerprint density at radius 2 is 0.714 bits per heavy atom. The van der Waals surface area contributed by atoms with Crippen LogP contribution in [-0.2, 0) is 68.1 Å². The predicted molar refractivity (Wildman–Crippen MR) is 214 cm³/mol. The molecule has 0 fully saturated rings. The van der Waals surface area contributed by atoms with Crippen molar-refractivity contribution >= 4 is 5.97 Å². The Morgan fingerprint density at radius 3 is 1.07 bits per heavy atom. The summed E-state index contributed by atoms with van der Waals surface area (Å²) in [4.78, 5) is 11.2. The van der Waals surface area contributed by atoms with E-state index < -0.39 is 0 Å². The van der Waals surface area contributed by atoms with E-state index >= 15 is 0 Å². The number of hydrogen-bond acceptors (Lipinski definition) is 14. The van der Waals surface area contributed by atoms with Gasteiger partial charge in [0.15, 0.2) is 0 Å². The number of carbonyl (C=O) groups excluding carboxylic acids is 1. The molecule has 1 rings (SSSR count). The van der Waals surface area contributed by atoms with Gasteiger partial charge in [0.1, 0.15) is 12.4 Å². The monoisotopic (exact) mass is 805 g/mol. The fourth-order valence-electron chi connectivity index (χ4n) is 4.95. The van der Waals surface area contributed by atoms with Gasteiger partial charge in [0.25, 0.3) is 0 Å². The van der Waals surface area contributed by atoms with Crippen LogP contribution in [0, 0.1) is 0 Å². The van der Waals surface area contributed by atoms with Crippen LogP contribution in [0.5, 0.6) is 5.75 Å². The van der Waals surface area contributed by atoms with Crippen LogP contribution in [-0.4, -0.2) is 165 Å². The molecule has 0 saturated heterocycles. The van der Waals surface area contributed by atoms with Crippen molar-refractivity contribution in [2.75, 3.05) is 159 Å². The Hall–Kier alpha value is -1.95. The first-order valence-electron chi connectivity index (χ1n) is 21.0. The lowest BCUT2D eigenvalue weighted by molar-refractivity contribution is -0.144. The smallest absolute Gasteiger partial charge is 0.308 e. The van der Waals surface area contributed by atoms with Crippen LogP contribution >= 0.6 is 0 Å². The van der Waals surface area contributed by atoms with Crippen molar-refractivity contribution in [1.82, 2.24) is 0 Å². The van der Waals surface area contributed by atoms with E-state index in [1.54, 1.807) is 6.92 Å². The Kier molecular flexibility index (Phi) is 41.1. The highest BCUT2D eigenvalue weighted by Gasteiger charge is 2.02. The quantitative estimate of drug-likeness (QED) is 0.0607. The standard InChI is InChI=1S/C42H76O14/c1-3-5-6-7-8-9-10-11-40-12-14-41(15-13-40)56-39-38-54-37-36-53-35-34-52-33-32-51-31-30-50-29-28-49-27-26-48-25-24-47-23-22-46-21-20-45-19-18-44-17-16-42(43)55-4-2/h12-15H,3-11,16-39H2,1-2H3. The summed E-state index contributed by atoms with van der Waals surface area (Å²) in [6.07, 6.45) is 10.7. The summed E-state index contributed by atoms with van der Waals surface area (Å²) in [5, 5.41) is 0. The lowest BCUT2D eigenvalue weighted by atomic mass is 10.0. The van der Waals surface area contributed by atoms with Gasteiger partial charge in [-0.15, -0.1) is 0 Å². The van der Waals surface area contributed by atoms with Crippen molar-refractivity contribution in [1.29, 1.82) is 0 Å². The average molecular weight is 805 g/mol. The summed E-state index contributed by atoms with van der Waals surface area (Å²) in [5.41, 5.74) is 1.38. The zero-order valence-electron chi connectivity index (χ0n) is 34.9. The van der Waals surface area contributed by atoms with Gasteiger partial charge in [-0.25, -0.2) is 0 Å². The normalized spacial score (nSPS) is 11.4. The lowest BCUT2D eigenvalue weighted by Crippen LogP contribution is -2.15. The van der Waals surface area contributed by atoms with Gasteiger partial charge in [0.2, 0.25) is 0 Å². The van der Waals surface area contributed by atoms with E-state index in [1.807, 2.05) is 0 Å². The number of unbranched alkanes of at least 4 members (excludes halogenated alkanes) is 6. The molecular formula is C42H76O14. The highest BCUT2D eigenvalue weighted by atomic mass is 16.6. The molecule has 0 saturated carbocycles. The molecule has 0 heterocycles. The largest absolute Gasteiger partial charge is 0.491 e. The van der Waals surface area contributed by atoms with Crippen molar-refractivity contribution < 1.29 is 66.4 Å². The van der Waals surface area contributed by atoms with Crippen molar-refractivity contribution in [3.8, 4) is 5.75 Å². The SMILES string of the molecule is CCCCCCCCCc1ccc(OCCOCCOCCOCCOCCOCCOCCOCCOCCOCCOCCOCCC(=O)OCC)cc1. The molecule has 0 radical (unpaired) electrons. The van der Waals surface area contributed by atoms with Gasteiger partial charge in [-0.1, -0.05) is 57.6 Å².